The van der Waals surface area contributed by atoms with Crippen LogP contribution in [0.2, 0.25) is 0 Å². The lowest BCUT2D eigenvalue weighted by molar-refractivity contribution is -0.0424. The Bertz CT molecular complexity index is 362. The quantitative estimate of drug-likeness (QED) is 0.338. The summed E-state index contributed by atoms with van der Waals surface area (Å²) >= 11 is 0. The molecule has 1 unspecified atom stereocenters. The molecule has 1 atom stereocenters. The second-order valence-electron chi connectivity index (χ2n) is 4.91. The van der Waals surface area contributed by atoms with Crippen molar-refractivity contribution in [2.45, 2.75) is 26.5 Å². The van der Waals surface area contributed by atoms with Crippen molar-refractivity contribution in [2.24, 2.45) is 0 Å². The van der Waals surface area contributed by atoms with Crippen LogP contribution in [0.25, 0.3) is 0 Å². The highest BCUT2D eigenvalue weighted by Crippen LogP contribution is 2.47. The minimum absolute atomic E-state index is 0.212. The molecule has 0 amide bonds. The van der Waals surface area contributed by atoms with Gasteiger partial charge in [0.1, 0.15) is 6.23 Å². The van der Waals surface area contributed by atoms with E-state index in [0.29, 0.717) is 19.7 Å². The first-order chi connectivity index (χ1) is 10.8. The summed E-state index contributed by atoms with van der Waals surface area (Å²) in [5.41, 5.74) is 0. The molecule has 0 aromatic heterocycles. The average Bonchev–Trinajstić information content (AvgIpc) is 2.58. The topological polar surface area (TPSA) is 83.5 Å². The van der Waals surface area contributed by atoms with Crippen LogP contribution in [0.15, 0.2) is 0 Å². The van der Waals surface area contributed by atoms with Crippen molar-refractivity contribution in [1.29, 1.82) is 0 Å². The Balaban J connectivity index is 4.81. The van der Waals surface area contributed by atoms with Crippen LogP contribution in [0.1, 0.15) is 20.3 Å². The van der Waals surface area contributed by atoms with Gasteiger partial charge in [0.05, 0.1) is 12.3 Å². The standard InChI is InChI=1S/C13H31NO7P2/c1-7-10-21-13(2)14(8-11-22(15,17-3)18-4)9-12-23(16,19-5)20-6/h13H,7-12H2,1-6H3. The fourth-order valence-electron chi connectivity index (χ4n) is 1.89. The van der Waals surface area contributed by atoms with Gasteiger partial charge in [0.2, 0.25) is 0 Å². The molecule has 0 fully saturated rings. The Labute approximate surface area is 139 Å². The average molecular weight is 375 g/mol. The highest BCUT2D eigenvalue weighted by atomic mass is 31.2. The Morgan fingerprint density at radius 3 is 1.57 bits per heavy atom. The van der Waals surface area contributed by atoms with E-state index in [1.807, 2.05) is 18.7 Å². The predicted octanol–water partition coefficient (Wildman–Crippen LogP) is 3.03. The monoisotopic (exact) mass is 375 g/mol. The fourth-order valence-corrected chi connectivity index (χ4v) is 3.92. The summed E-state index contributed by atoms with van der Waals surface area (Å²) in [4.78, 5) is 1.92. The molecule has 0 saturated heterocycles. The molecule has 0 N–H and O–H groups in total. The SMILES string of the molecule is CCCOC(C)N(CCP(=O)(OC)OC)CCP(=O)(OC)OC. The summed E-state index contributed by atoms with van der Waals surface area (Å²) in [5.74, 6) is 0. The first-order valence-corrected chi connectivity index (χ1v) is 11.0. The first kappa shape index (κ1) is 23.2. The molecule has 0 spiro atoms. The van der Waals surface area contributed by atoms with E-state index in [1.165, 1.54) is 28.4 Å². The number of hydrogen-bond donors (Lipinski definition) is 0. The molecule has 0 aromatic carbocycles. The van der Waals surface area contributed by atoms with Gasteiger partial charge in [0, 0.05) is 48.1 Å². The number of ether oxygens (including phenoxy) is 1. The van der Waals surface area contributed by atoms with Crippen LogP contribution in [-0.4, -0.2) is 71.6 Å². The van der Waals surface area contributed by atoms with Crippen LogP contribution in [0.3, 0.4) is 0 Å². The molecule has 8 nitrogen and oxygen atoms in total. The van der Waals surface area contributed by atoms with Gasteiger partial charge < -0.3 is 22.8 Å². The maximum atomic E-state index is 12.2. The Morgan fingerprint density at radius 1 is 0.870 bits per heavy atom. The van der Waals surface area contributed by atoms with E-state index in [-0.39, 0.29) is 18.6 Å². The van der Waals surface area contributed by atoms with Crippen LogP contribution in [0.4, 0.5) is 0 Å². The van der Waals surface area contributed by atoms with E-state index < -0.39 is 15.2 Å². The molecular formula is C13H31NO7P2. The van der Waals surface area contributed by atoms with E-state index >= 15 is 0 Å². The number of hydrogen-bond acceptors (Lipinski definition) is 8. The van der Waals surface area contributed by atoms with Crippen LogP contribution in [0.5, 0.6) is 0 Å². The number of nitrogens with zero attached hydrogens (tertiary/aromatic N) is 1. The fraction of sp³-hybridized carbons (Fsp3) is 1.00. The minimum Gasteiger partial charge on any atom is -0.363 e. The zero-order chi connectivity index (χ0) is 17.9. The lowest BCUT2D eigenvalue weighted by Crippen LogP contribution is -2.39. The minimum atomic E-state index is -3.11. The maximum absolute atomic E-state index is 12.2. The van der Waals surface area contributed by atoms with Gasteiger partial charge in [-0.3, -0.25) is 14.0 Å². The van der Waals surface area contributed by atoms with Gasteiger partial charge in [-0.05, 0) is 13.3 Å². The second kappa shape index (κ2) is 11.7. The molecule has 0 aromatic rings. The zero-order valence-electron chi connectivity index (χ0n) is 15.0. The molecular weight excluding hydrogens is 344 g/mol. The van der Waals surface area contributed by atoms with Crippen molar-refractivity contribution >= 4 is 15.2 Å². The molecule has 23 heavy (non-hydrogen) atoms. The summed E-state index contributed by atoms with van der Waals surface area (Å²) in [7, 11) is -0.788. The van der Waals surface area contributed by atoms with Crippen molar-refractivity contribution in [2.75, 3.05) is 60.5 Å². The van der Waals surface area contributed by atoms with Gasteiger partial charge >= 0.3 is 15.2 Å². The van der Waals surface area contributed by atoms with Gasteiger partial charge in [-0.15, -0.1) is 0 Å². The molecule has 0 radical (unpaired) electrons. The summed E-state index contributed by atoms with van der Waals surface area (Å²) in [6.07, 6.45) is 1.09. The van der Waals surface area contributed by atoms with Crippen molar-refractivity contribution in [3.05, 3.63) is 0 Å². The predicted molar refractivity (Wildman–Crippen MR) is 90.3 cm³/mol. The van der Waals surface area contributed by atoms with E-state index in [0.717, 1.165) is 6.42 Å². The van der Waals surface area contributed by atoms with Crippen LogP contribution < -0.4 is 0 Å². The van der Waals surface area contributed by atoms with Crippen LogP contribution in [-0.2, 0) is 32.0 Å². The van der Waals surface area contributed by atoms with Crippen LogP contribution in [0, 0.1) is 0 Å². The molecule has 0 rings (SSSR count). The van der Waals surface area contributed by atoms with E-state index in [1.54, 1.807) is 0 Å². The van der Waals surface area contributed by atoms with Crippen molar-refractivity contribution < 1.29 is 32.0 Å². The van der Waals surface area contributed by atoms with Gasteiger partial charge in [0.25, 0.3) is 0 Å². The maximum Gasteiger partial charge on any atom is 0.331 e. The van der Waals surface area contributed by atoms with E-state index in [4.69, 9.17) is 22.8 Å². The lowest BCUT2D eigenvalue weighted by atomic mass is 10.4. The van der Waals surface area contributed by atoms with Crippen LogP contribution >= 0.6 is 15.2 Å². The van der Waals surface area contributed by atoms with Crippen molar-refractivity contribution in [3.8, 4) is 0 Å². The van der Waals surface area contributed by atoms with Gasteiger partial charge in [-0.1, -0.05) is 6.92 Å². The van der Waals surface area contributed by atoms with Gasteiger partial charge in [-0.25, -0.2) is 0 Å². The molecule has 0 aliphatic carbocycles. The summed E-state index contributed by atoms with van der Waals surface area (Å²) in [6.45, 7) is 5.35. The Morgan fingerprint density at radius 2 is 1.26 bits per heavy atom. The summed E-state index contributed by atoms with van der Waals surface area (Å²) in [6, 6.07) is 0. The molecule has 0 bridgehead atoms. The highest BCUT2D eigenvalue weighted by Gasteiger charge is 2.27. The summed E-state index contributed by atoms with van der Waals surface area (Å²) < 4.78 is 49.9. The normalized spacial score (nSPS) is 14.4. The number of rotatable bonds is 14. The van der Waals surface area contributed by atoms with Crippen molar-refractivity contribution in [3.63, 3.8) is 0 Å². The Hall–Kier alpha value is 0.220. The third kappa shape index (κ3) is 8.75. The van der Waals surface area contributed by atoms with Gasteiger partial charge in [0.15, 0.2) is 0 Å². The highest BCUT2D eigenvalue weighted by molar-refractivity contribution is 7.54. The molecule has 10 heteroatoms. The molecule has 0 aliphatic heterocycles. The largest absolute Gasteiger partial charge is 0.363 e. The smallest absolute Gasteiger partial charge is 0.331 e. The van der Waals surface area contributed by atoms with E-state index in [9.17, 15) is 9.13 Å². The van der Waals surface area contributed by atoms with E-state index in [2.05, 4.69) is 0 Å². The third-order valence-corrected chi connectivity index (χ3v) is 7.23. The molecule has 0 aliphatic rings. The third-order valence-electron chi connectivity index (χ3n) is 3.51. The summed E-state index contributed by atoms with van der Waals surface area (Å²) in [5, 5.41) is 0. The Kier molecular flexibility index (Phi) is 11.8. The van der Waals surface area contributed by atoms with Crippen molar-refractivity contribution in [1.82, 2.24) is 4.90 Å². The molecule has 0 saturated carbocycles. The van der Waals surface area contributed by atoms with Gasteiger partial charge in [-0.2, -0.15) is 0 Å². The molecule has 140 valence electrons. The second-order valence-corrected chi connectivity index (χ2v) is 9.70. The molecule has 0 heterocycles. The first-order valence-electron chi connectivity index (χ1n) is 7.56. The zero-order valence-corrected chi connectivity index (χ0v) is 16.8. The lowest BCUT2D eigenvalue weighted by Gasteiger charge is -2.30.